The van der Waals surface area contributed by atoms with Crippen LogP contribution in [0.15, 0.2) is 24.3 Å². The van der Waals surface area contributed by atoms with Gasteiger partial charge in [-0.3, -0.25) is 9.59 Å². The van der Waals surface area contributed by atoms with Gasteiger partial charge in [0.05, 0.1) is 0 Å². The minimum atomic E-state index is -1.04. The van der Waals surface area contributed by atoms with Crippen LogP contribution < -0.4 is 0 Å². The van der Waals surface area contributed by atoms with Gasteiger partial charge in [-0.1, -0.05) is 19.1 Å². The van der Waals surface area contributed by atoms with Gasteiger partial charge in [-0.15, -0.1) is 0 Å². The second-order valence-electron chi connectivity index (χ2n) is 5.19. The predicted octanol–water partition coefficient (Wildman–Crippen LogP) is 2.33. The van der Waals surface area contributed by atoms with Crippen LogP contribution in [-0.4, -0.2) is 34.5 Å². The number of carboxylic acid groups (broad SMARTS) is 1. The zero-order valence-corrected chi connectivity index (χ0v) is 12.0. The van der Waals surface area contributed by atoms with Gasteiger partial charge < -0.3 is 10.0 Å². The largest absolute Gasteiger partial charge is 0.480 e. The number of carboxylic acids is 1. The average molecular weight is 281 g/mol. The Hall–Kier alpha value is -1.91. The Bertz CT molecular complexity index is 488. The second-order valence-corrected chi connectivity index (χ2v) is 5.19. The molecule has 1 aromatic carbocycles. The highest BCUT2D eigenvalue weighted by molar-refractivity contribution is 5.83. The van der Waals surface area contributed by atoms with Gasteiger partial charge >= 0.3 is 5.97 Å². The molecular weight excluding hydrogens is 261 g/mol. The molecule has 110 valence electrons. The molecule has 1 unspecified atom stereocenters. The Morgan fingerprint density at radius 2 is 1.95 bits per heavy atom. The van der Waals surface area contributed by atoms with Crippen molar-refractivity contribution in [2.24, 2.45) is 5.92 Å². The molecule has 0 radical (unpaired) electrons. The molecule has 20 heavy (non-hydrogen) atoms. The highest BCUT2D eigenvalue weighted by Crippen LogP contribution is 2.14. The Kier molecular flexibility index (Phi) is 5.67. The highest BCUT2D eigenvalue weighted by Gasteiger charge is 2.24. The standard InChI is InChI=1S/C15H20FNO3/c1-10(2)17(9-14(18)19)15(20)11(3)7-12-5-4-6-13(16)8-12/h4-6,8,10-11H,7,9H2,1-3H3,(H,18,19). The molecule has 0 bridgehead atoms. The topological polar surface area (TPSA) is 57.6 Å². The second kappa shape index (κ2) is 7.03. The third kappa shape index (κ3) is 4.64. The average Bonchev–Trinajstić information content (AvgIpc) is 2.34. The third-order valence-corrected chi connectivity index (χ3v) is 3.06. The van der Waals surface area contributed by atoms with Crippen molar-refractivity contribution in [1.29, 1.82) is 0 Å². The number of hydrogen-bond acceptors (Lipinski definition) is 2. The lowest BCUT2D eigenvalue weighted by Gasteiger charge is -2.28. The first-order valence-corrected chi connectivity index (χ1v) is 6.58. The van der Waals surface area contributed by atoms with Gasteiger partial charge in [0, 0.05) is 12.0 Å². The molecule has 0 aromatic heterocycles. The van der Waals surface area contributed by atoms with Crippen LogP contribution in [-0.2, 0) is 16.0 Å². The summed E-state index contributed by atoms with van der Waals surface area (Å²) in [6.07, 6.45) is 0.388. The Balaban J connectivity index is 2.76. The van der Waals surface area contributed by atoms with Crippen molar-refractivity contribution in [2.45, 2.75) is 33.2 Å². The summed E-state index contributed by atoms with van der Waals surface area (Å²) >= 11 is 0. The molecule has 0 saturated heterocycles. The molecule has 5 heteroatoms. The lowest BCUT2D eigenvalue weighted by Crippen LogP contribution is -2.43. The smallest absolute Gasteiger partial charge is 0.323 e. The van der Waals surface area contributed by atoms with E-state index in [9.17, 15) is 14.0 Å². The fourth-order valence-electron chi connectivity index (χ4n) is 2.05. The number of hydrogen-bond donors (Lipinski definition) is 1. The van der Waals surface area contributed by atoms with Crippen molar-refractivity contribution in [3.8, 4) is 0 Å². The maximum Gasteiger partial charge on any atom is 0.323 e. The van der Waals surface area contributed by atoms with E-state index in [4.69, 9.17) is 5.11 Å². The van der Waals surface area contributed by atoms with Crippen LogP contribution in [0.2, 0.25) is 0 Å². The normalized spacial score (nSPS) is 12.2. The molecule has 0 aliphatic carbocycles. The van der Waals surface area contributed by atoms with E-state index in [-0.39, 0.29) is 24.3 Å². The molecule has 1 amide bonds. The van der Waals surface area contributed by atoms with Crippen LogP contribution in [0.1, 0.15) is 26.3 Å². The van der Waals surface area contributed by atoms with E-state index in [1.807, 2.05) is 0 Å². The van der Waals surface area contributed by atoms with Crippen LogP contribution >= 0.6 is 0 Å². The van der Waals surface area contributed by atoms with Crippen molar-refractivity contribution >= 4 is 11.9 Å². The molecule has 1 N–H and O–H groups in total. The quantitative estimate of drug-likeness (QED) is 0.870. The molecule has 0 saturated carbocycles. The number of carbonyl (C=O) groups excluding carboxylic acids is 1. The van der Waals surface area contributed by atoms with Gasteiger partial charge in [0.2, 0.25) is 5.91 Å². The number of benzene rings is 1. The van der Waals surface area contributed by atoms with Crippen LogP contribution in [0.25, 0.3) is 0 Å². The summed E-state index contributed by atoms with van der Waals surface area (Å²) in [4.78, 5) is 24.4. The molecule has 0 aliphatic heterocycles. The maximum atomic E-state index is 13.1. The van der Waals surface area contributed by atoms with Gasteiger partial charge in [-0.2, -0.15) is 0 Å². The summed E-state index contributed by atoms with van der Waals surface area (Å²) in [5.74, 6) is -2.00. The predicted molar refractivity (Wildman–Crippen MR) is 73.8 cm³/mol. The SMILES string of the molecule is CC(Cc1cccc(F)c1)C(=O)N(CC(=O)O)C(C)C. The lowest BCUT2D eigenvalue weighted by molar-refractivity contribution is -0.147. The number of rotatable bonds is 6. The maximum absolute atomic E-state index is 13.1. The van der Waals surface area contributed by atoms with Crippen molar-refractivity contribution in [1.82, 2.24) is 4.90 Å². The van der Waals surface area contributed by atoms with Gasteiger partial charge in [-0.25, -0.2) is 4.39 Å². The van der Waals surface area contributed by atoms with E-state index in [1.54, 1.807) is 32.9 Å². The zero-order valence-electron chi connectivity index (χ0n) is 12.0. The lowest BCUT2D eigenvalue weighted by atomic mass is 9.99. The Labute approximate surface area is 118 Å². The molecule has 0 aliphatic rings. The first-order valence-electron chi connectivity index (χ1n) is 6.58. The van der Waals surface area contributed by atoms with Crippen LogP contribution in [0.5, 0.6) is 0 Å². The zero-order chi connectivity index (χ0) is 15.3. The van der Waals surface area contributed by atoms with Crippen molar-refractivity contribution in [3.05, 3.63) is 35.6 Å². The number of aliphatic carboxylic acids is 1. The minimum Gasteiger partial charge on any atom is -0.480 e. The summed E-state index contributed by atoms with van der Waals surface area (Å²) in [5, 5.41) is 8.85. The Morgan fingerprint density at radius 3 is 2.45 bits per heavy atom. The molecular formula is C15H20FNO3. The van der Waals surface area contributed by atoms with E-state index < -0.39 is 11.9 Å². The van der Waals surface area contributed by atoms with Gasteiger partial charge in [0.25, 0.3) is 0 Å². The van der Waals surface area contributed by atoms with Crippen LogP contribution in [0, 0.1) is 11.7 Å². The number of halogens is 1. The molecule has 1 rings (SSSR count). The summed E-state index contributed by atoms with van der Waals surface area (Å²) in [6.45, 7) is 4.96. The van der Waals surface area contributed by atoms with E-state index in [1.165, 1.54) is 17.0 Å². The van der Waals surface area contributed by atoms with Gasteiger partial charge in [0.15, 0.2) is 0 Å². The number of nitrogens with zero attached hydrogens (tertiary/aromatic N) is 1. The summed E-state index contributed by atoms with van der Waals surface area (Å²) < 4.78 is 13.1. The highest BCUT2D eigenvalue weighted by atomic mass is 19.1. The summed E-state index contributed by atoms with van der Waals surface area (Å²) in [7, 11) is 0. The van der Waals surface area contributed by atoms with E-state index in [0.717, 1.165) is 5.56 Å². The summed E-state index contributed by atoms with van der Waals surface area (Å²) in [6, 6.07) is 5.90. The van der Waals surface area contributed by atoms with Crippen molar-refractivity contribution in [3.63, 3.8) is 0 Å². The fourth-order valence-corrected chi connectivity index (χ4v) is 2.05. The first-order chi connectivity index (χ1) is 9.31. The van der Waals surface area contributed by atoms with E-state index in [2.05, 4.69) is 0 Å². The molecule has 0 heterocycles. The summed E-state index contributed by atoms with van der Waals surface area (Å²) in [5.41, 5.74) is 0.727. The third-order valence-electron chi connectivity index (χ3n) is 3.06. The van der Waals surface area contributed by atoms with Gasteiger partial charge in [-0.05, 0) is 38.0 Å². The molecule has 0 spiro atoms. The monoisotopic (exact) mass is 281 g/mol. The molecule has 1 atom stereocenters. The number of carbonyl (C=O) groups is 2. The Morgan fingerprint density at radius 1 is 1.30 bits per heavy atom. The molecule has 0 fully saturated rings. The van der Waals surface area contributed by atoms with E-state index >= 15 is 0 Å². The fraction of sp³-hybridized carbons (Fsp3) is 0.467. The van der Waals surface area contributed by atoms with Crippen LogP contribution in [0.4, 0.5) is 4.39 Å². The van der Waals surface area contributed by atoms with Crippen molar-refractivity contribution < 1.29 is 19.1 Å². The van der Waals surface area contributed by atoms with E-state index in [0.29, 0.717) is 6.42 Å². The molecule has 1 aromatic rings. The van der Waals surface area contributed by atoms with Crippen molar-refractivity contribution in [2.75, 3.05) is 6.54 Å². The molecule has 4 nitrogen and oxygen atoms in total. The number of amides is 1. The van der Waals surface area contributed by atoms with Gasteiger partial charge in [0.1, 0.15) is 12.4 Å². The first kappa shape index (κ1) is 16.1. The van der Waals surface area contributed by atoms with Crippen LogP contribution in [0.3, 0.4) is 0 Å². The minimum absolute atomic E-state index is 0.187.